The second-order valence-electron chi connectivity index (χ2n) is 0. The summed E-state index contributed by atoms with van der Waals surface area (Å²) in [6.07, 6.45) is 0. The van der Waals surface area contributed by atoms with Crippen molar-refractivity contribution in [1.29, 1.82) is 0 Å². The quantitative estimate of drug-likeness (QED) is 0.514. The van der Waals surface area contributed by atoms with Crippen molar-refractivity contribution in [1.82, 2.24) is 0 Å². The van der Waals surface area contributed by atoms with Crippen molar-refractivity contribution in [3.63, 3.8) is 0 Å². The largest absolute Gasteiger partial charge is 3.00 e. The minimum absolute atomic E-state index is 0. The fourth-order valence-corrected chi connectivity index (χ4v) is 0. The van der Waals surface area contributed by atoms with Crippen LogP contribution in [-0.4, -0.2) is 34.7 Å². The second-order valence-corrected chi connectivity index (χ2v) is 0. The molecule has 46 valence electrons. The van der Waals surface area contributed by atoms with Gasteiger partial charge < -0.3 is 34.7 Å². The van der Waals surface area contributed by atoms with Crippen molar-refractivity contribution in [2.75, 3.05) is 0 Å². The zero-order chi connectivity index (χ0) is 0. The van der Waals surface area contributed by atoms with Gasteiger partial charge in [0.15, 0.2) is 0 Å². The molecule has 0 bridgehead atoms. The molecule has 0 aromatic rings. The van der Waals surface area contributed by atoms with Gasteiger partial charge in [-0.25, -0.2) is 0 Å². The SMILES string of the molecule is [Al-3].[Al-3].[Ni+2].[Ni+2].[Ni+2].[Ni]. The fraction of sp³-hybridized carbons (Fsp3) is 0. The van der Waals surface area contributed by atoms with Crippen molar-refractivity contribution in [3.8, 4) is 0 Å². The summed E-state index contributed by atoms with van der Waals surface area (Å²) < 4.78 is 0. The van der Waals surface area contributed by atoms with Crippen LogP contribution in [0, 0.1) is 0 Å². The van der Waals surface area contributed by atoms with Gasteiger partial charge in [0, 0.05) is 16.5 Å². The fourth-order valence-electron chi connectivity index (χ4n) is 0. The molecule has 0 saturated carbocycles. The minimum Gasteiger partial charge on any atom is -3.00 e. The molecule has 0 spiro atoms. The summed E-state index contributed by atoms with van der Waals surface area (Å²) in [6, 6.07) is 0. The van der Waals surface area contributed by atoms with Crippen molar-refractivity contribution < 1.29 is 66.0 Å². The van der Waals surface area contributed by atoms with Crippen molar-refractivity contribution in [2.24, 2.45) is 0 Å². The molecule has 4 radical (unpaired) electrons. The number of hydrogen-bond donors (Lipinski definition) is 0. The molecule has 0 nitrogen and oxygen atoms in total. The first-order chi connectivity index (χ1) is 0. The molecule has 0 aromatic carbocycles. The second kappa shape index (κ2) is 43.1. The summed E-state index contributed by atoms with van der Waals surface area (Å²) in [5.74, 6) is 0. The smallest absolute Gasteiger partial charge is 2.00 e. The Morgan fingerprint density at radius 2 is 0.500 bits per heavy atom. The molecule has 0 fully saturated rings. The van der Waals surface area contributed by atoms with E-state index in [1.165, 1.54) is 0 Å². The van der Waals surface area contributed by atoms with Crippen LogP contribution in [0.2, 0.25) is 0 Å². The van der Waals surface area contributed by atoms with Crippen LogP contribution in [0.25, 0.3) is 0 Å². The Morgan fingerprint density at radius 3 is 0.500 bits per heavy atom. The van der Waals surface area contributed by atoms with Crippen LogP contribution in [0.5, 0.6) is 0 Å². The summed E-state index contributed by atoms with van der Waals surface area (Å²) in [4.78, 5) is 0. The van der Waals surface area contributed by atoms with E-state index in [4.69, 9.17) is 0 Å². The molecule has 0 aromatic heterocycles. The zero-order valence-electron chi connectivity index (χ0n) is 2.42. The molecule has 0 amide bonds. The average molecular weight is 289 g/mol. The van der Waals surface area contributed by atoms with E-state index in [1.54, 1.807) is 0 Å². The average Bonchev–Trinajstić information content (AvgIpc) is 0. The van der Waals surface area contributed by atoms with E-state index in [0.29, 0.717) is 0 Å². The third-order valence-electron chi connectivity index (χ3n) is 0. The van der Waals surface area contributed by atoms with Gasteiger partial charge in [0.2, 0.25) is 0 Å². The van der Waals surface area contributed by atoms with Gasteiger partial charge in [-0.3, -0.25) is 0 Å². The van der Waals surface area contributed by atoms with Crippen LogP contribution >= 0.6 is 0 Å². The normalized spacial score (nSPS) is 0. The van der Waals surface area contributed by atoms with Gasteiger partial charge in [-0.15, -0.1) is 0 Å². The van der Waals surface area contributed by atoms with Crippen molar-refractivity contribution in [3.05, 3.63) is 0 Å². The van der Waals surface area contributed by atoms with Crippen LogP contribution in [0.15, 0.2) is 0 Å². The topological polar surface area (TPSA) is 0 Å². The maximum Gasteiger partial charge on any atom is 2.00 e. The maximum atomic E-state index is 0. The van der Waals surface area contributed by atoms with Gasteiger partial charge in [-0.2, -0.15) is 0 Å². The van der Waals surface area contributed by atoms with Crippen LogP contribution < -0.4 is 0 Å². The predicted octanol–water partition coefficient (Wildman–Crippen LogP) is -0.772. The molecule has 0 saturated heterocycles. The Bertz CT molecular complexity index is 5.51. The molecule has 0 aliphatic rings. The van der Waals surface area contributed by atoms with Gasteiger partial charge in [0.25, 0.3) is 0 Å². The Hall–Kier alpha value is 3.04. The van der Waals surface area contributed by atoms with Gasteiger partial charge in [-0.05, 0) is 0 Å². The third-order valence-corrected chi connectivity index (χ3v) is 0. The zero-order valence-corrected chi connectivity index (χ0v) is 8.68. The summed E-state index contributed by atoms with van der Waals surface area (Å²) in [7, 11) is 0. The summed E-state index contributed by atoms with van der Waals surface area (Å²) >= 11 is 0. The third kappa shape index (κ3) is 27.8. The Balaban J connectivity index is 0. The molecule has 0 unspecified atom stereocenters. The molecule has 6 heavy (non-hydrogen) atoms. The number of hydrogen-bond acceptors (Lipinski definition) is 0. The van der Waals surface area contributed by atoms with Crippen molar-refractivity contribution in [2.45, 2.75) is 0 Å². The first-order valence-corrected chi connectivity index (χ1v) is 0. The van der Waals surface area contributed by atoms with E-state index in [0.717, 1.165) is 0 Å². The molecular formula is Al2Ni4. The van der Waals surface area contributed by atoms with Crippen molar-refractivity contribution >= 4 is 34.7 Å². The predicted molar refractivity (Wildman–Crippen MR) is 11.5 cm³/mol. The van der Waals surface area contributed by atoms with Gasteiger partial charge >= 0.3 is 49.5 Å². The summed E-state index contributed by atoms with van der Waals surface area (Å²) in [6.45, 7) is 0. The molecule has 0 atom stereocenters. The first-order valence-electron chi connectivity index (χ1n) is 0. The van der Waals surface area contributed by atoms with E-state index in [1.807, 2.05) is 0 Å². The van der Waals surface area contributed by atoms with E-state index >= 15 is 0 Å². The van der Waals surface area contributed by atoms with Crippen LogP contribution in [0.1, 0.15) is 0 Å². The van der Waals surface area contributed by atoms with E-state index in [2.05, 4.69) is 0 Å². The Kier molecular flexibility index (Phi) is 455. The van der Waals surface area contributed by atoms with E-state index < -0.39 is 0 Å². The molecule has 0 heterocycles. The summed E-state index contributed by atoms with van der Waals surface area (Å²) in [5.41, 5.74) is 0. The van der Waals surface area contributed by atoms with Gasteiger partial charge in [0.1, 0.15) is 0 Å². The van der Waals surface area contributed by atoms with E-state index in [9.17, 15) is 0 Å². The summed E-state index contributed by atoms with van der Waals surface area (Å²) in [5, 5.41) is 0. The monoisotopic (exact) mass is 286 g/mol. The minimum atomic E-state index is 0. The van der Waals surface area contributed by atoms with Gasteiger partial charge in [0.05, 0.1) is 0 Å². The maximum absolute atomic E-state index is 0. The molecular weight excluding hydrogens is 289 g/mol. The van der Waals surface area contributed by atoms with Crippen LogP contribution in [0.3, 0.4) is 0 Å². The van der Waals surface area contributed by atoms with E-state index in [-0.39, 0.29) is 101 Å². The standard InChI is InChI=1S/2Al.4Ni/q2*-3;;3*+2. The molecule has 0 rings (SSSR count). The van der Waals surface area contributed by atoms with Crippen LogP contribution in [-0.2, 0) is 66.0 Å². The molecule has 0 aliphatic carbocycles. The first kappa shape index (κ1) is 63.3. The van der Waals surface area contributed by atoms with Gasteiger partial charge in [-0.1, -0.05) is 0 Å². The molecule has 6 heteroatoms. The number of rotatable bonds is 0. The van der Waals surface area contributed by atoms with Crippen LogP contribution in [0.4, 0.5) is 0 Å². The molecule has 0 aliphatic heterocycles. The molecule has 0 N–H and O–H groups in total. The Labute approximate surface area is 99.3 Å². The Morgan fingerprint density at radius 1 is 0.500 bits per heavy atom.